The van der Waals surface area contributed by atoms with Crippen LogP contribution in [-0.2, 0) is 9.59 Å². The summed E-state index contributed by atoms with van der Waals surface area (Å²) in [6, 6.07) is 0. The highest BCUT2D eigenvalue weighted by molar-refractivity contribution is 5.50. The molecule has 1 saturated carbocycles. The van der Waals surface area contributed by atoms with Gasteiger partial charge in [0.2, 0.25) is 0 Å². The van der Waals surface area contributed by atoms with Gasteiger partial charge in [0.05, 0.1) is 0 Å². The molecule has 0 N–H and O–H groups in total. The number of carbonyl (C=O) groups is 2. The van der Waals surface area contributed by atoms with Crippen LogP contribution in [0.25, 0.3) is 0 Å². The molecule has 1 unspecified atom stereocenters. The van der Waals surface area contributed by atoms with Crippen molar-refractivity contribution in [1.29, 1.82) is 0 Å². The van der Waals surface area contributed by atoms with Gasteiger partial charge in [0.1, 0.15) is 12.6 Å². The van der Waals surface area contributed by atoms with E-state index in [4.69, 9.17) is 0 Å². The maximum absolute atomic E-state index is 10.4. The van der Waals surface area contributed by atoms with Gasteiger partial charge in [-0.2, -0.15) is 0 Å². The molecule has 0 amide bonds. The summed E-state index contributed by atoms with van der Waals surface area (Å²) in [5.74, 6) is 1.86. The van der Waals surface area contributed by atoms with E-state index in [1.807, 2.05) is 0 Å². The lowest BCUT2D eigenvalue weighted by molar-refractivity contribution is -0.109. The molecule has 0 radical (unpaired) electrons. The molecule has 1 fully saturated rings. The second kappa shape index (κ2) is 5.94. The Labute approximate surface area is 86.1 Å². The molecule has 0 aromatic heterocycles. The minimum absolute atomic E-state index is 0.532. The van der Waals surface area contributed by atoms with Crippen molar-refractivity contribution in [2.24, 2.45) is 17.8 Å². The van der Waals surface area contributed by atoms with Gasteiger partial charge < -0.3 is 9.59 Å². The third-order valence-electron chi connectivity index (χ3n) is 3.59. The van der Waals surface area contributed by atoms with E-state index in [1.54, 1.807) is 0 Å². The molecule has 0 heterocycles. The van der Waals surface area contributed by atoms with Crippen LogP contribution >= 0.6 is 0 Å². The predicted molar refractivity (Wildman–Crippen MR) is 56.0 cm³/mol. The van der Waals surface area contributed by atoms with Gasteiger partial charge in [0.25, 0.3) is 0 Å². The smallest absolute Gasteiger partial charge is 0.120 e. The highest BCUT2D eigenvalue weighted by atomic mass is 16.1. The molecule has 1 aliphatic rings. The van der Waals surface area contributed by atoms with Gasteiger partial charge in [0, 0.05) is 12.8 Å². The van der Waals surface area contributed by atoms with Crippen LogP contribution in [0.1, 0.15) is 45.4 Å². The third-order valence-corrected chi connectivity index (χ3v) is 3.59. The summed E-state index contributed by atoms with van der Waals surface area (Å²) in [6.07, 6.45) is 8.25. The van der Waals surface area contributed by atoms with Crippen molar-refractivity contribution in [1.82, 2.24) is 0 Å². The Hall–Kier alpha value is -0.660. The van der Waals surface area contributed by atoms with E-state index < -0.39 is 0 Å². The number of aldehydes is 2. The van der Waals surface area contributed by atoms with Crippen LogP contribution in [0.2, 0.25) is 0 Å². The number of hydrogen-bond acceptors (Lipinski definition) is 2. The zero-order valence-electron chi connectivity index (χ0n) is 8.95. The normalized spacial score (nSPS) is 29.5. The SMILES string of the molecule is CC(CC=O)C1CCC(CC=O)CC1. The first kappa shape index (κ1) is 11.4. The molecule has 0 bridgehead atoms. The Kier molecular flexibility index (Phi) is 4.85. The maximum atomic E-state index is 10.4. The fourth-order valence-corrected chi connectivity index (χ4v) is 2.47. The van der Waals surface area contributed by atoms with Gasteiger partial charge >= 0.3 is 0 Å². The first-order valence-corrected chi connectivity index (χ1v) is 5.65. The average Bonchev–Trinajstić information content (AvgIpc) is 2.20. The summed E-state index contributed by atoms with van der Waals surface area (Å²) < 4.78 is 0. The van der Waals surface area contributed by atoms with Gasteiger partial charge in [-0.1, -0.05) is 6.92 Å². The fraction of sp³-hybridized carbons (Fsp3) is 0.833. The van der Waals surface area contributed by atoms with Crippen LogP contribution in [0.4, 0.5) is 0 Å². The highest BCUT2D eigenvalue weighted by Gasteiger charge is 2.24. The zero-order chi connectivity index (χ0) is 10.4. The summed E-state index contributed by atoms with van der Waals surface area (Å²) in [6.45, 7) is 2.17. The summed E-state index contributed by atoms with van der Waals surface area (Å²) in [5.41, 5.74) is 0. The van der Waals surface area contributed by atoms with Crippen LogP contribution < -0.4 is 0 Å². The summed E-state index contributed by atoms with van der Waals surface area (Å²) >= 11 is 0. The van der Waals surface area contributed by atoms with Gasteiger partial charge in [-0.15, -0.1) is 0 Å². The molecule has 0 aromatic rings. The van der Waals surface area contributed by atoms with Crippen LogP contribution in [0, 0.1) is 17.8 Å². The molecule has 0 aromatic carbocycles. The van der Waals surface area contributed by atoms with Crippen molar-refractivity contribution in [3.63, 3.8) is 0 Å². The van der Waals surface area contributed by atoms with E-state index in [0.717, 1.165) is 19.0 Å². The van der Waals surface area contributed by atoms with Crippen molar-refractivity contribution in [2.75, 3.05) is 0 Å². The first-order valence-electron chi connectivity index (χ1n) is 5.65. The van der Waals surface area contributed by atoms with E-state index in [2.05, 4.69) is 6.92 Å². The highest BCUT2D eigenvalue weighted by Crippen LogP contribution is 2.35. The molecular weight excluding hydrogens is 176 g/mol. The van der Waals surface area contributed by atoms with Crippen molar-refractivity contribution in [3.05, 3.63) is 0 Å². The second-order valence-electron chi connectivity index (χ2n) is 4.56. The van der Waals surface area contributed by atoms with Crippen molar-refractivity contribution in [2.45, 2.75) is 45.4 Å². The largest absolute Gasteiger partial charge is 0.303 e. The number of rotatable bonds is 5. The average molecular weight is 196 g/mol. The van der Waals surface area contributed by atoms with Crippen molar-refractivity contribution >= 4 is 12.6 Å². The third kappa shape index (κ3) is 3.24. The van der Waals surface area contributed by atoms with Gasteiger partial charge in [-0.25, -0.2) is 0 Å². The van der Waals surface area contributed by atoms with Crippen LogP contribution in [0.5, 0.6) is 0 Å². The van der Waals surface area contributed by atoms with Crippen LogP contribution in [-0.4, -0.2) is 12.6 Å². The molecule has 1 aliphatic carbocycles. The standard InChI is InChI=1S/C12H20O2/c1-10(6-8-13)12-4-2-11(3-5-12)7-9-14/h8-12H,2-7H2,1H3. The molecule has 0 spiro atoms. The fourth-order valence-electron chi connectivity index (χ4n) is 2.47. The molecule has 80 valence electrons. The topological polar surface area (TPSA) is 34.1 Å². The molecule has 1 rings (SSSR count). The van der Waals surface area contributed by atoms with Crippen LogP contribution in [0.15, 0.2) is 0 Å². The lowest BCUT2D eigenvalue weighted by Crippen LogP contribution is -2.20. The van der Waals surface area contributed by atoms with Crippen LogP contribution in [0.3, 0.4) is 0 Å². The minimum atomic E-state index is 0.532. The quantitative estimate of drug-likeness (QED) is 0.633. The summed E-state index contributed by atoms with van der Waals surface area (Å²) in [4.78, 5) is 20.7. The van der Waals surface area contributed by atoms with Gasteiger partial charge in [-0.05, 0) is 43.4 Å². The molecule has 2 nitrogen and oxygen atoms in total. The van der Waals surface area contributed by atoms with E-state index in [9.17, 15) is 9.59 Å². The predicted octanol–water partition coefficient (Wildman–Crippen LogP) is 2.61. The van der Waals surface area contributed by atoms with Crippen molar-refractivity contribution in [3.8, 4) is 0 Å². The van der Waals surface area contributed by atoms with E-state index >= 15 is 0 Å². The van der Waals surface area contributed by atoms with E-state index in [0.29, 0.717) is 24.2 Å². The first-order chi connectivity index (χ1) is 6.77. The Balaban J connectivity index is 2.27. The zero-order valence-corrected chi connectivity index (χ0v) is 8.95. The van der Waals surface area contributed by atoms with Crippen molar-refractivity contribution < 1.29 is 9.59 Å². The lowest BCUT2D eigenvalue weighted by atomic mass is 9.75. The Morgan fingerprint density at radius 1 is 1.14 bits per heavy atom. The minimum Gasteiger partial charge on any atom is -0.303 e. The Morgan fingerprint density at radius 2 is 1.79 bits per heavy atom. The van der Waals surface area contributed by atoms with Gasteiger partial charge in [0.15, 0.2) is 0 Å². The summed E-state index contributed by atoms with van der Waals surface area (Å²) in [5, 5.41) is 0. The molecular formula is C12H20O2. The molecule has 2 heteroatoms. The molecule has 14 heavy (non-hydrogen) atoms. The van der Waals surface area contributed by atoms with Gasteiger partial charge in [-0.3, -0.25) is 0 Å². The number of carbonyl (C=O) groups excluding carboxylic acids is 2. The molecule has 1 atom stereocenters. The molecule has 0 saturated heterocycles. The Morgan fingerprint density at radius 3 is 2.29 bits per heavy atom. The van der Waals surface area contributed by atoms with E-state index in [1.165, 1.54) is 25.7 Å². The summed E-state index contributed by atoms with van der Waals surface area (Å²) in [7, 11) is 0. The number of hydrogen-bond donors (Lipinski definition) is 0. The monoisotopic (exact) mass is 196 g/mol. The maximum Gasteiger partial charge on any atom is 0.120 e. The van der Waals surface area contributed by atoms with E-state index in [-0.39, 0.29) is 0 Å². The Bertz CT molecular complexity index is 181. The molecule has 0 aliphatic heterocycles. The lowest BCUT2D eigenvalue weighted by Gasteiger charge is -2.30. The second-order valence-corrected chi connectivity index (χ2v) is 4.56.